The SMILES string of the molecule is NCCc1ccc(N2CCOC3CCCCC32)cc1Cl. The number of fused-ring (bicyclic) bond motifs is 1. The first kappa shape index (κ1) is 14.2. The largest absolute Gasteiger partial charge is 0.374 e. The lowest BCUT2D eigenvalue weighted by atomic mass is 9.89. The van der Waals surface area contributed by atoms with Crippen molar-refractivity contribution in [2.24, 2.45) is 5.73 Å². The highest BCUT2D eigenvalue weighted by Crippen LogP contribution is 2.33. The average Bonchev–Trinajstić information content (AvgIpc) is 2.49. The molecule has 110 valence electrons. The zero-order chi connectivity index (χ0) is 13.9. The molecule has 1 aromatic rings. The van der Waals surface area contributed by atoms with E-state index in [0.717, 1.165) is 30.2 Å². The number of anilines is 1. The predicted octanol–water partition coefficient (Wildman–Crippen LogP) is 2.99. The van der Waals surface area contributed by atoms with E-state index in [0.29, 0.717) is 18.7 Å². The summed E-state index contributed by atoms with van der Waals surface area (Å²) < 4.78 is 5.93. The maximum atomic E-state index is 6.39. The van der Waals surface area contributed by atoms with Crippen LogP contribution < -0.4 is 10.6 Å². The van der Waals surface area contributed by atoms with Gasteiger partial charge < -0.3 is 15.4 Å². The predicted molar refractivity (Wildman–Crippen MR) is 83.6 cm³/mol. The molecule has 1 saturated heterocycles. The molecule has 1 aliphatic heterocycles. The van der Waals surface area contributed by atoms with Crippen molar-refractivity contribution in [1.82, 2.24) is 0 Å². The third-order valence-corrected chi connectivity index (χ3v) is 4.87. The van der Waals surface area contributed by atoms with E-state index in [2.05, 4.69) is 23.1 Å². The van der Waals surface area contributed by atoms with Crippen molar-refractivity contribution >= 4 is 17.3 Å². The number of hydrogen-bond acceptors (Lipinski definition) is 3. The standard InChI is InChI=1S/C16H23ClN2O/c17-14-11-13(6-5-12(14)7-8-18)19-9-10-20-16-4-2-1-3-15(16)19/h5-6,11,15-16H,1-4,7-10,18H2. The average molecular weight is 295 g/mol. The summed E-state index contributed by atoms with van der Waals surface area (Å²) in [6.45, 7) is 2.43. The molecule has 3 rings (SSSR count). The maximum absolute atomic E-state index is 6.39. The summed E-state index contributed by atoms with van der Waals surface area (Å²) >= 11 is 6.39. The van der Waals surface area contributed by atoms with Crippen molar-refractivity contribution in [2.45, 2.75) is 44.2 Å². The van der Waals surface area contributed by atoms with Crippen molar-refractivity contribution in [3.05, 3.63) is 28.8 Å². The molecule has 20 heavy (non-hydrogen) atoms. The Balaban J connectivity index is 1.82. The van der Waals surface area contributed by atoms with Gasteiger partial charge in [0.25, 0.3) is 0 Å². The van der Waals surface area contributed by atoms with Crippen LogP contribution in [0.5, 0.6) is 0 Å². The molecule has 2 unspecified atom stereocenters. The highest BCUT2D eigenvalue weighted by Gasteiger charge is 2.34. The molecule has 1 heterocycles. The molecule has 0 aromatic heterocycles. The van der Waals surface area contributed by atoms with E-state index in [1.807, 2.05) is 0 Å². The van der Waals surface area contributed by atoms with E-state index in [4.69, 9.17) is 22.1 Å². The molecule has 0 amide bonds. The fourth-order valence-corrected chi connectivity index (χ4v) is 3.76. The Morgan fingerprint density at radius 3 is 2.95 bits per heavy atom. The maximum Gasteiger partial charge on any atom is 0.0779 e. The molecule has 0 spiro atoms. The van der Waals surface area contributed by atoms with Crippen LogP contribution in [0.3, 0.4) is 0 Å². The number of hydrogen-bond donors (Lipinski definition) is 1. The molecule has 1 aromatic carbocycles. The van der Waals surface area contributed by atoms with Gasteiger partial charge in [0.1, 0.15) is 0 Å². The Morgan fingerprint density at radius 1 is 1.30 bits per heavy atom. The van der Waals surface area contributed by atoms with Crippen LogP contribution in [0.15, 0.2) is 18.2 Å². The summed E-state index contributed by atoms with van der Waals surface area (Å²) in [5.41, 5.74) is 7.99. The van der Waals surface area contributed by atoms with Crippen molar-refractivity contribution in [3.63, 3.8) is 0 Å². The molecule has 4 heteroatoms. The Bertz CT molecular complexity index is 464. The number of benzene rings is 1. The Labute approximate surface area is 126 Å². The van der Waals surface area contributed by atoms with Crippen LogP contribution in [-0.2, 0) is 11.2 Å². The van der Waals surface area contributed by atoms with Crippen LogP contribution in [-0.4, -0.2) is 31.8 Å². The molecule has 1 saturated carbocycles. The lowest BCUT2D eigenvalue weighted by Gasteiger charge is -2.45. The zero-order valence-corrected chi connectivity index (χ0v) is 12.6. The van der Waals surface area contributed by atoms with Gasteiger partial charge in [-0.05, 0) is 43.5 Å². The molecule has 2 aliphatic rings. The monoisotopic (exact) mass is 294 g/mol. The van der Waals surface area contributed by atoms with E-state index in [-0.39, 0.29) is 0 Å². The third-order valence-electron chi connectivity index (χ3n) is 4.51. The molecule has 2 atom stereocenters. The molecule has 0 radical (unpaired) electrons. The fourth-order valence-electron chi connectivity index (χ4n) is 3.49. The van der Waals surface area contributed by atoms with E-state index >= 15 is 0 Å². The van der Waals surface area contributed by atoms with Crippen molar-refractivity contribution in [2.75, 3.05) is 24.6 Å². The number of ether oxygens (including phenoxy) is 1. The van der Waals surface area contributed by atoms with Crippen molar-refractivity contribution < 1.29 is 4.74 Å². The molecule has 3 nitrogen and oxygen atoms in total. The van der Waals surface area contributed by atoms with Gasteiger partial charge in [0.15, 0.2) is 0 Å². The third kappa shape index (κ3) is 2.80. The van der Waals surface area contributed by atoms with Crippen LogP contribution in [0.25, 0.3) is 0 Å². The fraction of sp³-hybridized carbons (Fsp3) is 0.625. The molecule has 0 bridgehead atoms. The minimum Gasteiger partial charge on any atom is -0.374 e. The van der Waals surface area contributed by atoms with E-state index in [9.17, 15) is 0 Å². The number of halogens is 1. The van der Waals surface area contributed by atoms with Gasteiger partial charge in [0.2, 0.25) is 0 Å². The minimum absolute atomic E-state index is 0.403. The van der Waals surface area contributed by atoms with E-state index < -0.39 is 0 Å². The highest BCUT2D eigenvalue weighted by atomic mass is 35.5. The molecule has 2 fully saturated rings. The zero-order valence-electron chi connectivity index (χ0n) is 11.9. The summed E-state index contributed by atoms with van der Waals surface area (Å²) in [5.74, 6) is 0. The van der Waals surface area contributed by atoms with Crippen LogP contribution in [0.4, 0.5) is 5.69 Å². The van der Waals surface area contributed by atoms with E-state index in [1.165, 1.54) is 31.4 Å². The molecule has 1 aliphatic carbocycles. The van der Waals surface area contributed by atoms with Gasteiger partial charge in [0, 0.05) is 17.3 Å². The lowest BCUT2D eigenvalue weighted by molar-refractivity contribution is -0.00867. The van der Waals surface area contributed by atoms with Gasteiger partial charge in [-0.3, -0.25) is 0 Å². The number of morpholine rings is 1. The second-order valence-electron chi connectivity index (χ2n) is 5.77. The molecule has 2 N–H and O–H groups in total. The summed E-state index contributed by atoms with van der Waals surface area (Å²) in [6.07, 6.45) is 6.27. The van der Waals surface area contributed by atoms with Crippen LogP contribution >= 0.6 is 11.6 Å². The van der Waals surface area contributed by atoms with Gasteiger partial charge in [-0.25, -0.2) is 0 Å². The second kappa shape index (κ2) is 6.33. The van der Waals surface area contributed by atoms with E-state index in [1.54, 1.807) is 0 Å². The van der Waals surface area contributed by atoms with Crippen molar-refractivity contribution in [1.29, 1.82) is 0 Å². The van der Waals surface area contributed by atoms with Gasteiger partial charge in [-0.1, -0.05) is 30.5 Å². The Morgan fingerprint density at radius 2 is 2.15 bits per heavy atom. The second-order valence-corrected chi connectivity index (χ2v) is 6.18. The van der Waals surface area contributed by atoms with Gasteiger partial charge >= 0.3 is 0 Å². The Hall–Kier alpha value is -0.770. The van der Waals surface area contributed by atoms with Gasteiger partial charge in [-0.15, -0.1) is 0 Å². The first-order valence-electron chi connectivity index (χ1n) is 7.66. The summed E-state index contributed by atoms with van der Waals surface area (Å²) in [7, 11) is 0. The highest BCUT2D eigenvalue weighted by molar-refractivity contribution is 6.31. The quantitative estimate of drug-likeness (QED) is 0.931. The first-order valence-corrected chi connectivity index (χ1v) is 8.04. The van der Waals surface area contributed by atoms with Crippen LogP contribution in [0.1, 0.15) is 31.2 Å². The lowest BCUT2D eigenvalue weighted by Crippen LogP contribution is -2.52. The summed E-state index contributed by atoms with van der Waals surface area (Å²) in [6, 6.07) is 6.93. The number of nitrogens with zero attached hydrogens (tertiary/aromatic N) is 1. The van der Waals surface area contributed by atoms with Crippen molar-refractivity contribution in [3.8, 4) is 0 Å². The number of rotatable bonds is 3. The Kier molecular flexibility index (Phi) is 4.49. The summed E-state index contributed by atoms with van der Waals surface area (Å²) in [5, 5.41) is 0.840. The molecular weight excluding hydrogens is 272 g/mol. The normalized spacial score (nSPS) is 26.4. The van der Waals surface area contributed by atoms with Gasteiger partial charge in [0.05, 0.1) is 18.8 Å². The molecular formula is C16H23ClN2O. The first-order chi connectivity index (χ1) is 9.79. The number of nitrogens with two attached hydrogens (primary N) is 1. The minimum atomic E-state index is 0.403. The topological polar surface area (TPSA) is 38.5 Å². The smallest absolute Gasteiger partial charge is 0.0779 e. The van der Waals surface area contributed by atoms with Crippen LogP contribution in [0, 0.1) is 0 Å². The van der Waals surface area contributed by atoms with Gasteiger partial charge in [-0.2, -0.15) is 0 Å². The summed E-state index contributed by atoms with van der Waals surface area (Å²) in [4.78, 5) is 2.49. The van der Waals surface area contributed by atoms with Crippen LogP contribution in [0.2, 0.25) is 5.02 Å².